The molecule has 0 aromatic carbocycles. The first-order chi connectivity index (χ1) is 10.1. The largest absolute Gasteiger partial charge is 0.395 e. The van der Waals surface area contributed by atoms with Gasteiger partial charge in [0.2, 0.25) is 5.91 Å². The standard InChI is InChI=1S/C15H18N2O3S/c16-14(19)12-6-1-3-8-17(12)15(20)13-11(7-10-21-13)5-2-4-9-18/h7,10,12,18H,1,3-4,6,8-9H2,(H2,16,19). The third-order valence-electron chi connectivity index (χ3n) is 3.41. The van der Waals surface area contributed by atoms with Crippen LogP contribution in [0, 0.1) is 11.8 Å². The number of nitrogens with zero attached hydrogens (tertiary/aromatic N) is 1. The van der Waals surface area contributed by atoms with Gasteiger partial charge in [0.1, 0.15) is 10.9 Å². The zero-order valence-electron chi connectivity index (χ0n) is 11.7. The van der Waals surface area contributed by atoms with Crippen molar-refractivity contribution >= 4 is 23.2 Å². The molecule has 1 unspecified atom stereocenters. The highest BCUT2D eigenvalue weighted by Crippen LogP contribution is 2.24. The molecular formula is C15H18N2O3S. The number of nitrogens with two attached hydrogens (primary N) is 1. The minimum Gasteiger partial charge on any atom is -0.395 e. The molecule has 1 aromatic rings. The van der Waals surface area contributed by atoms with Crippen LogP contribution in [0.25, 0.3) is 0 Å². The quantitative estimate of drug-likeness (QED) is 0.816. The van der Waals surface area contributed by atoms with Gasteiger partial charge in [-0.2, -0.15) is 0 Å². The summed E-state index contributed by atoms with van der Waals surface area (Å²) in [6.45, 7) is 0.546. The lowest BCUT2D eigenvalue weighted by molar-refractivity contribution is -0.123. The highest BCUT2D eigenvalue weighted by molar-refractivity contribution is 7.12. The van der Waals surface area contributed by atoms with Crippen molar-refractivity contribution in [2.45, 2.75) is 31.7 Å². The van der Waals surface area contributed by atoms with Crippen molar-refractivity contribution in [3.8, 4) is 11.8 Å². The summed E-state index contributed by atoms with van der Waals surface area (Å²) in [5.41, 5.74) is 6.05. The predicted molar refractivity (Wildman–Crippen MR) is 80.8 cm³/mol. The van der Waals surface area contributed by atoms with Gasteiger partial charge in [-0.25, -0.2) is 0 Å². The molecule has 112 valence electrons. The van der Waals surface area contributed by atoms with E-state index in [-0.39, 0.29) is 12.5 Å². The van der Waals surface area contributed by atoms with Crippen molar-refractivity contribution in [1.82, 2.24) is 4.90 Å². The molecule has 1 aliphatic rings. The van der Waals surface area contributed by atoms with Crippen LogP contribution in [0.1, 0.15) is 40.9 Å². The predicted octanol–water partition coefficient (Wildman–Crippen LogP) is 0.962. The van der Waals surface area contributed by atoms with E-state index in [9.17, 15) is 9.59 Å². The fourth-order valence-corrected chi connectivity index (χ4v) is 3.19. The Morgan fingerprint density at radius 1 is 1.48 bits per heavy atom. The van der Waals surface area contributed by atoms with Crippen molar-refractivity contribution in [2.24, 2.45) is 5.73 Å². The van der Waals surface area contributed by atoms with E-state index in [0.29, 0.717) is 29.8 Å². The fraction of sp³-hybridized carbons (Fsp3) is 0.467. The lowest BCUT2D eigenvalue weighted by Gasteiger charge is -2.33. The number of aliphatic hydroxyl groups excluding tert-OH is 1. The SMILES string of the molecule is NC(=O)C1CCCCN1C(=O)c1sccc1C#CCCO. The molecule has 0 radical (unpaired) electrons. The topological polar surface area (TPSA) is 83.6 Å². The molecule has 1 atom stereocenters. The Hall–Kier alpha value is -1.84. The molecule has 1 aliphatic heterocycles. The number of primary amides is 1. The average Bonchev–Trinajstić information content (AvgIpc) is 2.95. The number of carbonyl (C=O) groups excluding carboxylic acids is 2. The van der Waals surface area contributed by atoms with Crippen LogP contribution in [0.2, 0.25) is 0 Å². The molecule has 2 heterocycles. The van der Waals surface area contributed by atoms with E-state index in [1.807, 2.05) is 0 Å². The summed E-state index contributed by atoms with van der Waals surface area (Å²) in [4.78, 5) is 26.3. The summed E-state index contributed by atoms with van der Waals surface area (Å²) < 4.78 is 0. The molecule has 0 spiro atoms. The molecule has 1 saturated heterocycles. The van der Waals surface area contributed by atoms with Crippen molar-refractivity contribution in [3.05, 3.63) is 21.9 Å². The van der Waals surface area contributed by atoms with E-state index >= 15 is 0 Å². The third-order valence-corrected chi connectivity index (χ3v) is 4.31. The number of carbonyl (C=O) groups is 2. The number of rotatable bonds is 3. The summed E-state index contributed by atoms with van der Waals surface area (Å²) >= 11 is 1.31. The summed E-state index contributed by atoms with van der Waals surface area (Å²) in [6, 6.07) is 1.26. The van der Waals surface area contributed by atoms with Gasteiger partial charge in [0.05, 0.1) is 6.61 Å². The van der Waals surface area contributed by atoms with E-state index in [1.54, 1.807) is 16.3 Å². The molecule has 21 heavy (non-hydrogen) atoms. The van der Waals surface area contributed by atoms with Gasteiger partial charge in [-0.05, 0) is 30.7 Å². The number of hydrogen-bond acceptors (Lipinski definition) is 4. The number of aliphatic hydroxyl groups is 1. The van der Waals surface area contributed by atoms with Crippen LogP contribution in [0.15, 0.2) is 11.4 Å². The second kappa shape index (κ2) is 7.25. The molecule has 5 nitrogen and oxygen atoms in total. The Morgan fingerprint density at radius 3 is 3.00 bits per heavy atom. The Balaban J connectivity index is 2.21. The molecule has 6 heteroatoms. The monoisotopic (exact) mass is 306 g/mol. The third kappa shape index (κ3) is 3.63. The molecule has 3 N–H and O–H groups in total. The van der Waals surface area contributed by atoms with Gasteiger partial charge < -0.3 is 15.7 Å². The van der Waals surface area contributed by atoms with Crippen LogP contribution in [0.5, 0.6) is 0 Å². The zero-order chi connectivity index (χ0) is 15.2. The van der Waals surface area contributed by atoms with E-state index in [4.69, 9.17) is 10.8 Å². The van der Waals surface area contributed by atoms with Crippen molar-refractivity contribution < 1.29 is 14.7 Å². The summed E-state index contributed by atoms with van der Waals surface area (Å²) in [5, 5.41) is 10.6. The van der Waals surface area contributed by atoms with Crippen molar-refractivity contribution in [1.29, 1.82) is 0 Å². The second-order valence-electron chi connectivity index (χ2n) is 4.85. The maximum absolute atomic E-state index is 12.6. The van der Waals surface area contributed by atoms with Gasteiger partial charge in [0.15, 0.2) is 0 Å². The fourth-order valence-electron chi connectivity index (χ4n) is 2.39. The van der Waals surface area contributed by atoms with Crippen LogP contribution in [0.3, 0.4) is 0 Å². The van der Waals surface area contributed by atoms with Crippen molar-refractivity contribution in [3.63, 3.8) is 0 Å². The smallest absolute Gasteiger partial charge is 0.265 e. The first kappa shape index (κ1) is 15.5. The van der Waals surface area contributed by atoms with Crippen molar-refractivity contribution in [2.75, 3.05) is 13.2 Å². The zero-order valence-corrected chi connectivity index (χ0v) is 12.5. The lowest BCUT2D eigenvalue weighted by atomic mass is 10.0. The van der Waals surface area contributed by atoms with Crippen LogP contribution in [0.4, 0.5) is 0 Å². The molecule has 0 aliphatic carbocycles. The summed E-state index contributed by atoms with van der Waals surface area (Å²) in [7, 11) is 0. The molecule has 2 amide bonds. The summed E-state index contributed by atoms with van der Waals surface area (Å²) in [5.74, 6) is 5.08. The van der Waals surface area contributed by atoms with Crippen LogP contribution in [-0.2, 0) is 4.79 Å². The van der Waals surface area contributed by atoms with Gasteiger partial charge in [0.25, 0.3) is 5.91 Å². The average molecular weight is 306 g/mol. The van der Waals surface area contributed by atoms with E-state index in [0.717, 1.165) is 12.8 Å². The maximum Gasteiger partial charge on any atom is 0.265 e. The van der Waals surface area contributed by atoms with E-state index in [2.05, 4.69) is 11.8 Å². The summed E-state index contributed by atoms with van der Waals surface area (Å²) in [6.07, 6.45) is 2.78. The number of thiophene rings is 1. The Bertz CT molecular complexity index is 585. The minimum absolute atomic E-state index is 0.00368. The molecule has 2 rings (SSSR count). The molecular weight excluding hydrogens is 288 g/mol. The van der Waals surface area contributed by atoms with Gasteiger partial charge >= 0.3 is 0 Å². The van der Waals surface area contributed by atoms with Crippen LogP contribution >= 0.6 is 11.3 Å². The number of hydrogen-bond donors (Lipinski definition) is 2. The normalized spacial score (nSPS) is 18.0. The highest BCUT2D eigenvalue weighted by Gasteiger charge is 2.32. The molecule has 1 fully saturated rings. The van der Waals surface area contributed by atoms with E-state index < -0.39 is 11.9 Å². The lowest BCUT2D eigenvalue weighted by Crippen LogP contribution is -2.50. The number of likely N-dealkylation sites (tertiary alicyclic amines) is 1. The van der Waals surface area contributed by atoms with Gasteiger partial charge in [-0.15, -0.1) is 11.3 Å². The maximum atomic E-state index is 12.6. The first-order valence-corrected chi connectivity index (χ1v) is 7.80. The second-order valence-corrected chi connectivity index (χ2v) is 5.77. The molecule has 0 saturated carbocycles. The molecule has 0 bridgehead atoms. The Labute approximate surface area is 127 Å². The Kier molecular flexibility index (Phi) is 5.37. The highest BCUT2D eigenvalue weighted by atomic mass is 32.1. The van der Waals surface area contributed by atoms with Crippen LogP contribution in [-0.4, -0.2) is 41.0 Å². The van der Waals surface area contributed by atoms with Gasteiger partial charge in [0, 0.05) is 18.5 Å². The Morgan fingerprint density at radius 2 is 2.29 bits per heavy atom. The first-order valence-electron chi connectivity index (χ1n) is 6.92. The van der Waals surface area contributed by atoms with Gasteiger partial charge in [-0.3, -0.25) is 9.59 Å². The molecule has 1 aromatic heterocycles. The number of amides is 2. The van der Waals surface area contributed by atoms with Gasteiger partial charge in [-0.1, -0.05) is 11.8 Å². The number of piperidine rings is 1. The van der Waals surface area contributed by atoms with Crippen LogP contribution < -0.4 is 5.73 Å². The minimum atomic E-state index is -0.522. The van der Waals surface area contributed by atoms with E-state index in [1.165, 1.54) is 11.3 Å².